The maximum Gasteiger partial charge on any atom is 0.271 e. The van der Waals surface area contributed by atoms with Gasteiger partial charge in [-0.1, -0.05) is 0 Å². The van der Waals surface area contributed by atoms with Crippen molar-refractivity contribution in [2.24, 2.45) is 13.0 Å². The molecule has 8 nitrogen and oxygen atoms in total. The lowest BCUT2D eigenvalue weighted by atomic mass is 9.86. The fourth-order valence-corrected chi connectivity index (χ4v) is 3.92. The highest BCUT2D eigenvalue weighted by Gasteiger charge is 2.32. The fourth-order valence-electron chi connectivity index (χ4n) is 3.92. The summed E-state index contributed by atoms with van der Waals surface area (Å²) < 4.78 is 1.87. The van der Waals surface area contributed by atoms with Crippen molar-refractivity contribution >= 4 is 11.7 Å². The van der Waals surface area contributed by atoms with E-state index in [2.05, 4.69) is 43.7 Å². The molecule has 3 rings (SSSR count). The molecule has 0 saturated carbocycles. The third-order valence-corrected chi connectivity index (χ3v) is 5.19. The Balaban J connectivity index is 1.71. The van der Waals surface area contributed by atoms with Crippen LogP contribution in [0.3, 0.4) is 0 Å². The van der Waals surface area contributed by atoms with Crippen molar-refractivity contribution in [2.45, 2.75) is 25.8 Å². The van der Waals surface area contributed by atoms with E-state index in [0.29, 0.717) is 24.2 Å². The van der Waals surface area contributed by atoms with Crippen LogP contribution in [0.15, 0.2) is 24.5 Å². The van der Waals surface area contributed by atoms with Crippen molar-refractivity contribution in [3.8, 4) is 0 Å². The molecule has 1 fully saturated rings. The Hall–Kier alpha value is -2.48. The smallest absolute Gasteiger partial charge is 0.271 e. The number of hydrogen-bond acceptors (Lipinski definition) is 6. The standard InChI is InChI=1S/C19H29N7O/c1-5-20-19(27)16-8-9-17(23-22-16)25(3)12-14-7-6-10-24(2)18(14)15-11-21-26(4)13-15/h8-9,11,13-14,18H,5-7,10,12H2,1-4H3,(H,20,27)/t14-,18+/m0/s1. The summed E-state index contributed by atoms with van der Waals surface area (Å²) >= 11 is 0. The molecule has 3 heterocycles. The van der Waals surface area contributed by atoms with Crippen molar-refractivity contribution in [1.82, 2.24) is 30.2 Å². The maximum atomic E-state index is 11.8. The van der Waals surface area contributed by atoms with Crippen LogP contribution in [0.5, 0.6) is 0 Å². The van der Waals surface area contributed by atoms with Gasteiger partial charge in [-0.05, 0) is 51.4 Å². The summed E-state index contributed by atoms with van der Waals surface area (Å²) in [6, 6.07) is 3.94. The number of carbonyl (C=O) groups excluding carboxylic acids is 1. The second-order valence-electron chi connectivity index (χ2n) is 7.29. The van der Waals surface area contributed by atoms with E-state index in [1.807, 2.05) is 38.0 Å². The molecule has 1 amide bonds. The highest BCUT2D eigenvalue weighted by molar-refractivity contribution is 5.92. The van der Waals surface area contributed by atoms with Gasteiger partial charge in [-0.3, -0.25) is 14.4 Å². The van der Waals surface area contributed by atoms with Gasteiger partial charge in [0.15, 0.2) is 11.5 Å². The molecule has 0 unspecified atom stereocenters. The summed E-state index contributed by atoms with van der Waals surface area (Å²) in [7, 11) is 6.18. The predicted molar refractivity (Wildman–Crippen MR) is 105 cm³/mol. The third kappa shape index (κ3) is 4.44. The molecule has 146 valence electrons. The minimum Gasteiger partial charge on any atom is -0.358 e. The summed E-state index contributed by atoms with van der Waals surface area (Å²) in [4.78, 5) is 16.4. The number of aryl methyl sites for hydroxylation is 1. The van der Waals surface area contributed by atoms with Crippen molar-refractivity contribution in [3.05, 3.63) is 35.8 Å². The Morgan fingerprint density at radius 3 is 2.78 bits per heavy atom. The number of aromatic nitrogens is 4. The molecule has 8 heteroatoms. The normalized spacial score (nSPS) is 20.4. The Labute approximate surface area is 160 Å². The van der Waals surface area contributed by atoms with Crippen LogP contribution in [0.4, 0.5) is 5.82 Å². The van der Waals surface area contributed by atoms with Gasteiger partial charge in [0.1, 0.15) is 0 Å². The topological polar surface area (TPSA) is 79.2 Å². The average molecular weight is 371 g/mol. The first kappa shape index (κ1) is 19.3. The minimum absolute atomic E-state index is 0.190. The van der Waals surface area contributed by atoms with E-state index in [0.717, 1.165) is 18.9 Å². The molecule has 2 atom stereocenters. The quantitative estimate of drug-likeness (QED) is 0.829. The second-order valence-corrected chi connectivity index (χ2v) is 7.29. The second kappa shape index (κ2) is 8.47. The maximum absolute atomic E-state index is 11.8. The van der Waals surface area contributed by atoms with Gasteiger partial charge in [-0.25, -0.2) is 0 Å². The average Bonchev–Trinajstić information content (AvgIpc) is 3.08. The monoisotopic (exact) mass is 371 g/mol. The van der Waals surface area contributed by atoms with Gasteiger partial charge in [0.05, 0.1) is 6.20 Å². The highest BCUT2D eigenvalue weighted by Crippen LogP contribution is 2.35. The SMILES string of the molecule is CCNC(=O)c1ccc(N(C)C[C@@H]2CCCN(C)[C@H]2c2cnn(C)c2)nn1. The van der Waals surface area contributed by atoms with Gasteiger partial charge in [0, 0.05) is 45.0 Å². The van der Waals surface area contributed by atoms with Gasteiger partial charge < -0.3 is 10.2 Å². The van der Waals surface area contributed by atoms with Crippen LogP contribution in [0.25, 0.3) is 0 Å². The number of nitrogens with one attached hydrogen (secondary N) is 1. The van der Waals surface area contributed by atoms with Crippen LogP contribution in [0.2, 0.25) is 0 Å². The molecule has 0 radical (unpaired) electrons. The Bertz CT molecular complexity index is 758. The molecular weight excluding hydrogens is 342 g/mol. The van der Waals surface area contributed by atoms with E-state index in [9.17, 15) is 4.79 Å². The van der Waals surface area contributed by atoms with E-state index >= 15 is 0 Å². The lowest BCUT2D eigenvalue weighted by Gasteiger charge is -2.40. The molecule has 2 aromatic rings. The van der Waals surface area contributed by atoms with Crippen molar-refractivity contribution in [2.75, 3.05) is 38.6 Å². The molecule has 0 aliphatic carbocycles. The van der Waals surface area contributed by atoms with Crippen LogP contribution in [0, 0.1) is 5.92 Å². The first-order valence-electron chi connectivity index (χ1n) is 9.51. The lowest BCUT2D eigenvalue weighted by molar-refractivity contribution is 0.0950. The first-order valence-corrected chi connectivity index (χ1v) is 9.51. The summed E-state index contributed by atoms with van der Waals surface area (Å²) in [6.45, 7) is 4.43. The number of anilines is 1. The lowest BCUT2D eigenvalue weighted by Crippen LogP contribution is -2.41. The number of piperidine rings is 1. The number of rotatable bonds is 6. The number of hydrogen-bond donors (Lipinski definition) is 1. The summed E-state index contributed by atoms with van der Waals surface area (Å²) in [6.07, 6.45) is 6.44. The number of likely N-dealkylation sites (tertiary alicyclic amines) is 1. The van der Waals surface area contributed by atoms with Crippen LogP contribution in [-0.2, 0) is 7.05 Å². The van der Waals surface area contributed by atoms with E-state index in [1.165, 1.54) is 18.4 Å². The van der Waals surface area contributed by atoms with Gasteiger partial charge >= 0.3 is 0 Å². The van der Waals surface area contributed by atoms with Crippen molar-refractivity contribution in [1.29, 1.82) is 0 Å². The molecular formula is C19H29N7O. The van der Waals surface area contributed by atoms with E-state index < -0.39 is 0 Å². The third-order valence-electron chi connectivity index (χ3n) is 5.19. The van der Waals surface area contributed by atoms with Crippen LogP contribution < -0.4 is 10.2 Å². The summed E-state index contributed by atoms with van der Waals surface area (Å²) in [5, 5.41) is 15.4. The summed E-state index contributed by atoms with van der Waals surface area (Å²) in [5.41, 5.74) is 1.61. The predicted octanol–water partition coefficient (Wildman–Crippen LogP) is 1.48. The van der Waals surface area contributed by atoms with Crippen LogP contribution >= 0.6 is 0 Å². The zero-order valence-corrected chi connectivity index (χ0v) is 16.6. The molecule has 2 aromatic heterocycles. The number of carbonyl (C=O) groups is 1. The zero-order chi connectivity index (χ0) is 19.4. The molecule has 27 heavy (non-hydrogen) atoms. The largest absolute Gasteiger partial charge is 0.358 e. The minimum atomic E-state index is -0.190. The fraction of sp³-hybridized carbons (Fsp3) is 0.579. The van der Waals surface area contributed by atoms with Gasteiger partial charge in [-0.2, -0.15) is 5.10 Å². The Morgan fingerprint density at radius 2 is 2.15 bits per heavy atom. The molecule has 1 N–H and O–H groups in total. The highest BCUT2D eigenvalue weighted by atomic mass is 16.1. The van der Waals surface area contributed by atoms with Gasteiger partial charge in [0.2, 0.25) is 0 Å². The van der Waals surface area contributed by atoms with Gasteiger partial charge in [0.25, 0.3) is 5.91 Å². The molecule has 0 spiro atoms. The molecule has 1 saturated heterocycles. The Kier molecular flexibility index (Phi) is 6.05. The number of nitrogens with zero attached hydrogens (tertiary/aromatic N) is 6. The van der Waals surface area contributed by atoms with Gasteiger partial charge in [-0.15, -0.1) is 10.2 Å². The van der Waals surface area contributed by atoms with Crippen LogP contribution in [0.1, 0.15) is 41.9 Å². The first-order chi connectivity index (χ1) is 13.0. The zero-order valence-electron chi connectivity index (χ0n) is 16.6. The van der Waals surface area contributed by atoms with E-state index in [1.54, 1.807) is 6.07 Å². The molecule has 1 aliphatic heterocycles. The van der Waals surface area contributed by atoms with Crippen molar-refractivity contribution in [3.63, 3.8) is 0 Å². The van der Waals surface area contributed by atoms with E-state index in [-0.39, 0.29) is 5.91 Å². The van der Waals surface area contributed by atoms with Crippen LogP contribution in [-0.4, -0.2) is 64.5 Å². The summed E-state index contributed by atoms with van der Waals surface area (Å²) in [5.74, 6) is 1.06. The molecule has 0 aromatic carbocycles. The molecule has 1 aliphatic rings. The molecule has 0 bridgehead atoms. The van der Waals surface area contributed by atoms with E-state index in [4.69, 9.17) is 0 Å². The Morgan fingerprint density at radius 1 is 1.33 bits per heavy atom. The number of amides is 1. The van der Waals surface area contributed by atoms with Crippen molar-refractivity contribution < 1.29 is 4.79 Å².